The van der Waals surface area contributed by atoms with Crippen molar-refractivity contribution in [2.45, 2.75) is 6.04 Å². The van der Waals surface area contributed by atoms with Crippen molar-refractivity contribution in [2.75, 3.05) is 0 Å². The first-order valence-corrected chi connectivity index (χ1v) is 6.77. The summed E-state index contributed by atoms with van der Waals surface area (Å²) in [5.74, 6) is -2.68. The molecule has 1 amide bonds. The van der Waals surface area contributed by atoms with Crippen LogP contribution >= 0.6 is 22.9 Å². The molecule has 2 aromatic rings. The summed E-state index contributed by atoms with van der Waals surface area (Å²) in [6.45, 7) is 0. The molecule has 4 nitrogen and oxygen atoms in total. The first kappa shape index (κ1) is 14.5. The van der Waals surface area contributed by atoms with E-state index in [2.05, 4.69) is 5.32 Å². The van der Waals surface area contributed by atoms with Crippen LogP contribution in [0.15, 0.2) is 35.7 Å². The van der Waals surface area contributed by atoms with E-state index in [-0.39, 0.29) is 10.6 Å². The number of aliphatic carboxylic acids is 1. The van der Waals surface area contributed by atoms with Gasteiger partial charge in [-0.3, -0.25) is 4.79 Å². The zero-order valence-electron chi connectivity index (χ0n) is 9.97. The van der Waals surface area contributed by atoms with Crippen molar-refractivity contribution < 1.29 is 19.1 Å². The molecule has 1 unspecified atom stereocenters. The van der Waals surface area contributed by atoms with Crippen LogP contribution < -0.4 is 5.32 Å². The number of rotatable bonds is 4. The summed E-state index contributed by atoms with van der Waals surface area (Å²) in [6.07, 6.45) is 0. The molecule has 0 aliphatic carbocycles. The smallest absolute Gasteiger partial charge is 0.331 e. The monoisotopic (exact) mass is 313 g/mol. The third-order valence-electron chi connectivity index (χ3n) is 2.55. The number of benzene rings is 1. The van der Waals surface area contributed by atoms with Gasteiger partial charge in [0.2, 0.25) is 0 Å². The van der Waals surface area contributed by atoms with Gasteiger partial charge in [0.25, 0.3) is 5.91 Å². The summed E-state index contributed by atoms with van der Waals surface area (Å²) in [6, 6.07) is 5.86. The lowest BCUT2D eigenvalue weighted by atomic mass is 10.1. The van der Waals surface area contributed by atoms with Crippen LogP contribution in [0.4, 0.5) is 4.39 Å². The van der Waals surface area contributed by atoms with Gasteiger partial charge >= 0.3 is 5.97 Å². The van der Waals surface area contributed by atoms with Crippen LogP contribution in [-0.4, -0.2) is 17.0 Å². The van der Waals surface area contributed by atoms with Gasteiger partial charge in [0.1, 0.15) is 5.82 Å². The van der Waals surface area contributed by atoms with E-state index in [0.29, 0.717) is 4.88 Å². The Bertz CT molecular complexity index is 645. The zero-order chi connectivity index (χ0) is 14.7. The number of halogens is 2. The normalized spacial score (nSPS) is 11.9. The maximum Gasteiger partial charge on any atom is 0.331 e. The summed E-state index contributed by atoms with van der Waals surface area (Å²) in [7, 11) is 0. The molecule has 2 N–H and O–H groups in total. The van der Waals surface area contributed by atoms with E-state index < -0.39 is 23.7 Å². The Morgan fingerprint density at radius 1 is 1.30 bits per heavy atom. The van der Waals surface area contributed by atoms with Gasteiger partial charge in [-0.25, -0.2) is 9.18 Å². The highest BCUT2D eigenvalue weighted by Gasteiger charge is 2.24. The van der Waals surface area contributed by atoms with Crippen LogP contribution in [0, 0.1) is 5.82 Å². The Labute approximate surface area is 122 Å². The van der Waals surface area contributed by atoms with Gasteiger partial charge in [0.05, 0.1) is 10.6 Å². The molecule has 7 heteroatoms. The third kappa shape index (κ3) is 2.97. The van der Waals surface area contributed by atoms with Crippen molar-refractivity contribution in [3.8, 4) is 0 Å². The van der Waals surface area contributed by atoms with Crippen LogP contribution in [0.3, 0.4) is 0 Å². The molecule has 0 spiro atoms. The van der Waals surface area contributed by atoms with E-state index in [0.717, 1.165) is 6.07 Å². The van der Waals surface area contributed by atoms with Gasteiger partial charge in [0.15, 0.2) is 6.04 Å². The van der Waals surface area contributed by atoms with Crippen LogP contribution in [0.1, 0.15) is 21.3 Å². The predicted octanol–water partition coefficient (Wildman–Crippen LogP) is 3.10. The van der Waals surface area contributed by atoms with Gasteiger partial charge < -0.3 is 10.4 Å². The largest absolute Gasteiger partial charge is 0.479 e. The number of hydrogen-bond acceptors (Lipinski definition) is 3. The molecule has 0 fully saturated rings. The zero-order valence-corrected chi connectivity index (χ0v) is 11.5. The van der Waals surface area contributed by atoms with Crippen LogP contribution in [0.25, 0.3) is 0 Å². The average Bonchev–Trinajstić information content (AvgIpc) is 2.92. The maximum absolute atomic E-state index is 13.3. The molecule has 1 aromatic heterocycles. The summed E-state index contributed by atoms with van der Waals surface area (Å²) >= 11 is 6.90. The Kier molecular flexibility index (Phi) is 4.36. The third-order valence-corrected chi connectivity index (χ3v) is 3.87. The molecule has 0 saturated carbocycles. The fraction of sp³-hybridized carbons (Fsp3) is 0.0769. The highest BCUT2D eigenvalue weighted by atomic mass is 35.5. The first-order valence-electron chi connectivity index (χ1n) is 5.52. The standard InChI is InChI=1S/C13H9ClFNO3S/c14-10-7(3-1-4-8(10)15)12(17)16-11(13(18)19)9-5-2-6-20-9/h1-6,11H,(H,16,17)(H,18,19). The molecule has 0 radical (unpaired) electrons. The number of carbonyl (C=O) groups excluding carboxylic acids is 1. The Balaban J connectivity index is 2.25. The lowest BCUT2D eigenvalue weighted by molar-refractivity contribution is -0.139. The number of hydrogen-bond donors (Lipinski definition) is 2. The second-order valence-corrected chi connectivity index (χ2v) is 5.22. The molecule has 104 valence electrons. The van der Waals surface area contributed by atoms with Crippen molar-refractivity contribution in [1.29, 1.82) is 0 Å². The number of carbonyl (C=O) groups is 2. The summed E-state index contributed by atoms with van der Waals surface area (Å²) in [5.41, 5.74) is -0.102. The number of carboxylic acid groups (broad SMARTS) is 1. The number of amides is 1. The fourth-order valence-corrected chi connectivity index (χ4v) is 2.58. The summed E-state index contributed by atoms with van der Waals surface area (Å²) in [5, 5.41) is 12.8. The van der Waals surface area contributed by atoms with E-state index in [1.807, 2.05) is 0 Å². The second kappa shape index (κ2) is 6.02. The molecule has 2 rings (SSSR count). The first-order chi connectivity index (χ1) is 9.50. The Morgan fingerprint density at radius 3 is 2.65 bits per heavy atom. The second-order valence-electron chi connectivity index (χ2n) is 3.86. The van der Waals surface area contributed by atoms with E-state index in [1.54, 1.807) is 17.5 Å². The van der Waals surface area contributed by atoms with Crippen molar-refractivity contribution >= 4 is 34.8 Å². The molecule has 0 saturated heterocycles. The van der Waals surface area contributed by atoms with E-state index >= 15 is 0 Å². The van der Waals surface area contributed by atoms with Crippen LogP contribution in [0.5, 0.6) is 0 Å². The highest BCUT2D eigenvalue weighted by molar-refractivity contribution is 7.10. The minimum atomic E-state index is -1.20. The predicted molar refractivity (Wildman–Crippen MR) is 73.6 cm³/mol. The molecule has 1 aromatic carbocycles. The fourth-order valence-electron chi connectivity index (χ4n) is 1.60. The highest BCUT2D eigenvalue weighted by Crippen LogP contribution is 2.23. The number of thiophene rings is 1. The van der Waals surface area contributed by atoms with Crippen molar-refractivity contribution in [3.63, 3.8) is 0 Å². The van der Waals surface area contributed by atoms with Gasteiger partial charge in [-0.2, -0.15) is 0 Å². The molecule has 0 bridgehead atoms. The van der Waals surface area contributed by atoms with Gasteiger partial charge in [-0.05, 0) is 23.6 Å². The van der Waals surface area contributed by atoms with Gasteiger partial charge in [0, 0.05) is 4.88 Å². The minimum absolute atomic E-state index is 0.102. The maximum atomic E-state index is 13.3. The number of carboxylic acids is 1. The van der Waals surface area contributed by atoms with Gasteiger partial charge in [-0.1, -0.05) is 23.7 Å². The number of nitrogens with one attached hydrogen (secondary N) is 1. The minimum Gasteiger partial charge on any atom is -0.479 e. The Hall–Kier alpha value is -1.92. The van der Waals surface area contributed by atoms with E-state index in [1.165, 1.54) is 23.5 Å². The lowest BCUT2D eigenvalue weighted by Gasteiger charge is -2.13. The summed E-state index contributed by atoms with van der Waals surface area (Å²) in [4.78, 5) is 23.7. The average molecular weight is 314 g/mol. The quantitative estimate of drug-likeness (QED) is 0.911. The lowest BCUT2D eigenvalue weighted by Crippen LogP contribution is -2.33. The van der Waals surface area contributed by atoms with Crippen molar-refractivity contribution in [2.24, 2.45) is 0 Å². The SMILES string of the molecule is O=C(NC(C(=O)O)c1cccs1)c1cccc(F)c1Cl. The molecule has 1 atom stereocenters. The van der Waals surface area contributed by atoms with Crippen LogP contribution in [0.2, 0.25) is 5.02 Å². The van der Waals surface area contributed by atoms with Gasteiger partial charge in [-0.15, -0.1) is 11.3 Å². The summed E-state index contributed by atoms with van der Waals surface area (Å²) < 4.78 is 13.3. The molecule has 0 aliphatic rings. The van der Waals surface area contributed by atoms with Crippen molar-refractivity contribution in [1.82, 2.24) is 5.32 Å². The Morgan fingerprint density at radius 2 is 2.05 bits per heavy atom. The topological polar surface area (TPSA) is 66.4 Å². The molecular weight excluding hydrogens is 305 g/mol. The van der Waals surface area contributed by atoms with Crippen molar-refractivity contribution in [3.05, 3.63) is 57.0 Å². The molecule has 1 heterocycles. The van der Waals surface area contributed by atoms with E-state index in [4.69, 9.17) is 16.7 Å². The molecule has 0 aliphatic heterocycles. The van der Waals surface area contributed by atoms with Crippen LogP contribution in [-0.2, 0) is 4.79 Å². The molecule has 20 heavy (non-hydrogen) atoms. The molecular formula is C13H9ClFNO3S. The van der Waals surface area contributed by atoms with E-state index in [9.17, 15) is 14.0 Å².